The van der Waals surface area contributed by atoms with Crippen LogP contribution in [0.2, 0.25) is 0 Å². The molecular weight excluding hydrogens is 500 g/mol. The maximum Gasteiger partial charge on any atom is 0.257 e. The molecule has 0 bridgehead atoms. The number of benzene rings is 2. The van der Waals surface area contributed by atoms with E-state index in [1.165, 1.54) is 11.1 Å². The summed E-state index contributed by atoms with van der Waals surface area (Å²) in [7, 11) is 5.21. The summed E-state index contributed by atoms with van der Waals surface area (Å²) in [6.07, 6.45) is 4.55. The van der Waals surface area contributed by atoms with Crippen molar-refractivity contribution in [3.05, 3.63) is 53.6 Å². The Balaban J connectivity index is 1.50. The van der Waals surface area contributed by atoms with Crippen molar-refractivity contribution in [2.75, 3.05) is 80.6 Å². The molecule has 2 rings (SSSR count). The van der Waals surface area contributed by atoms with Crippen molar-refractivity contribution in [1.29, 1.82) is 0 Å². The van der Waals surface area contributed by atoms with E-state index in [1.807, 2.05) is 37.4 Å². The van der Waals surface area contributed by atoms with Crippen LogP contribution in [0.15, 0.2) is 42.5 Å². The third kappa shape index (κ3) is 14.8. The van der Waals surface area contributed by atoms with Crippen molar-refractivity contribution < 1.29 is 33.2 Å². The van der Waals surface area contributed by atoms with Gasteiger partial charge in [-0.1, -0.05) is 18.2 Å². The highest BCUT2D eigenvalue weighted by atomic mass is 16.5. The van der Waals surface area contributed by atoms with Crippen molar-refractivity contribution in [3.8, 4) is 17.2 Å². The van der Waals surface area contributed by atoms with Gasteiger partial charge in [0.25, 0.3) is 5.91 Å². The molecule has 0 unspecified atom stereocenters. The summed E-state index contributed by atoms with van der Waals surface area (Å²) in [6, 6.07) is 13.9. The molecule has 0 radical (unpaired) electrons. The molecule has 2 N–H and O–H groups in total. The van der Waals surface area contributed by atoms with Crippen LogP contribution in [0.4, 0.5) is 0 Å². The first-order chi connectivity index (χ1) is 19.2. The Bertz CT molecular complexity index is 926. The molecule has 9 nitrogen and oxygen atoms in total. The molecule has 0 aliphatic rings. The monoisotopic (exact) mass is 546 g/mol. The number of methoxy groups -OCH3 is 2. The molecule has 1 amide bonds. The number of amides is 1. The summed E-state index contributed by atoms with van der Waals surface area (Å²) >= 11 is 0. The second kappa shape index (κ2) is 21.0. The van der Waals surface area contributed by atoms with Crippen molar-refractivity contribution in [3.63, 3.8) is 0 Å². The Labute approximate surface area is 233 Å². The third-order valence-corrected chi connectivity index (χ3v) is 5.89. The number of hydrogen-bond acceptors (Lipinski definition) is 8. The van der Waals surface area contributed by atoms with E-state index in [4.69, 9.17) is 28.4 Å². The Morgan fingerprint density at radius 3 is 2.03 bits per heavy atom. The zero-order valence-corrected chi connectivity index (χ0v) is 23.8. The van der Waals surface area contributed by atoms with Crippen LogP contribution in [0.5, 0.6) is 17.2 Å². The molecule has 2 aromatic carbocycles. The highest BCUT2D eigenvalue weighted by Crippen LogP contribution is 2.28. The minimum Gasteiger partial charge on any atom is -0.493 e. The summed E-state index contributed by atoms with van der Waals surface area (Å²) < 4.78 is 32.8. The predicted molar refractivity (Wildman–Crippen MR) is 152 cm³/mol. The van der Waals surface area contributed by atoms with Gasteiger partial charge in [-0.05, 0) is 81.1 Å². The summed E-state index contributed by atoms with van der Waals surface area (Å²) in [6.45, 7) is 5.03. The van der Waals surface area contributed by atoms with E-state index in [9.17, 15) is 4.79 Å². The Hall–Kier alpha value is -2.85. The number of rotatable bonds is 23. The molecule has 218 valence electrons. The van der Waals surface area contributed by atoms with E-state index in [-0.39, 0.29) is 12.5 Å². The van der Waals surface area contributed by atoms with Crippen molar-refractivity contribution in [1.82, 2.24) is 10.6 Å². The van der Waals surface area contributed by atoms with Gasteiger partial charge in [0.15, 0.2) is 18.1 Å². The molecule has 0 saturated heterocycles. The summed E-state index contributed by atoms with van der Waals surface area (Å²) in [5.74, 6) is 2.03. The standard InChI is InChI=1S/C30H46N2O7/c1-31-14-6-16-36-18-20-38-21-19-37-17-7-15-32-30(33)24-39-27-11-5-10-25(22-27)8-4-9-26-12-13-28(34-2)29(23-26)35-3/h5,10-13,22-23,31H,4,6-9,14-21,24H2,1-3H3,(H,32,33). The Morgan fingerprint density at radius 1 is 0.718 bits per heavy atom. The quantitative estimate of drug-likeness (QED) is 0.205. The molecule has 0 heterocycles. The maximum absolute atomic E-state index is 12.1. The lowest BCUT2D eigenvalue weighted by Gasteiger charge is -2.10. The average molecular weight is 547 g/mol. The minimum absolute atomic E-state index is 0.0131. The van der Waals surface area contributed by atoms with Gasteiger partial charge in [0.2, 0.25) is 0 Å². The lowest BCUT2D eigenvalue weighted by molar-refractivity contribution is -0.123. The first-order valence-electron chi connectivity index (χ1n) is 13.7. The Morgan fingerprint density at radius 2 is 1.36 bits per heavy atom. The number of aryl methyl sites for hydroxylation is 2. The molecule has 39 heavy (non-hydrogen) atoms. The third-order valence-electron chi connectivity index (χ3n) is 5.89. The van der Waals surface area contributed by atoms with Gasteiger partial charge in [-0.25, -0.2) is 0 Å². The van der Waals surface area contributed by atoms with Gasteiger partial charge >= 0.3 is 0 Å². The van der Waals surface area contributed by atoms with E-state index in [0.29, 0.717) is 45.3 Å². The summed E-state index contributed by atoms with van der Waals surface area (Å²) in [4.78, 5) is 12.1. The Kier molecular flexibility index (Phi) is 17.5. The van der Waals surface area contributed by atoms with Crippen LogP contribution in [-0.4, -0.2) is 86.5 Å². The SMILES string of the molecule is CNCCCOCCOCCOCCCNC(=O)COc1cccc(CCCc2ccc(OC)c(OC)c2)c1. The highest BCUT2D eigenvalue weighted by molar-refractivity contribution is 5.77. The van der Waals surface area contributed by atoms with Crippen LogP contribution in [0.3, 0.4) is 0 Å². The predicted octanol–water partition coefficient (Wildman–Crippen LogP) is 3.42. The van der Waals surface area contributed by atoms with E-state index >= 15 is 0 Å². The van der Waals surface area contributed by atoms with Gasteiger partial charge in [0.1, 0.15) is 5.75 Å². The van der Waals surface area contributed by atoms with Crippen LogP contribution in [0.1, 0.15) is 30.4 Å². The normalized spacial score (nSPS) is 10.8. The number of carbonyl (C=O) groups is 1. The van der Waals surface area contributed by atoms with E-state index in [1.54, 1.807) is 14.2 Å². The summed E-state index contributed by atoms with van der Waals surface area (Å²) in [5, 5.41) is 5.94. The van der Waals surface area contributed by atoms with E-state index in [2.05, 4.69) is 22.8 Å². The average Bonchev–Trinajstić information content (AvgIpc) is 2.96. The maximum atomic E-state index is 12.1. The van der Waals surface area contributed by atoms with E-state index in [0.717, 1.165) is 56.8 Å². The molecule has 9 heteroatoms. The fourth-order valence-electron chi connectivity index (χ4n) is 3.82. The van der Waals surface area contributed by atoms with Gasteiger partial charge in [-0.15, -0.1) is 0 Å². The molecule has 0 spiro atoms. The van der Waals surface area contributed by atoms with Crippen molar-refractivity contribution in [2.45, 2.75) is 32.1 Å². The lowest BCUT2D eigenvalue weighted by Crippen LogP contribution is -2.30. The zero-order valence-electron chi connectivity index (χ0n) is 23.8. The second-order valence-corrected chi connectivity index (χ2v) is 8.98. The van der Waals surface area contributed by atoms with Gasteiger partial charge in [-0.3, -0.25) is 4.79 Å². The number of nitrogens with one attached hydrogen (secondary N) is 2. The van der Waals surface area contributed by atoms with Gasteiger partial charge in [0.05, 0.1) is 40.6 Å². The highest BCUT2D eigenvalue weighted by Gasteiger charge is 2.06. The molecule has 2 aromatic rings. The van der Waals surface area contributed by atoms with Crippen LogP contribution < -0.4 is 24.8 Å². The minimum atomic E-state index is -0.146. The van der Waals surface area contributed by atoms with Crippen molar-refractivity contribution in [2.24, 2.45) is 0 Å². The largest absolute Gasteiger partial charge is 0.493 e. The number of carbonyl (C=O) groups excluding carboxylic acids is 1. The lowest BCUT2D eigenvalue weighted by atomic mass is 10.0. The van der Waals surface area contributed by atoms with Crippen LogP contribution in [-0.2, 0) is 31.8 Å². The summed E-state index contributed by atoms with van der Waals surface area (Å²) in [5.41, 5.74) is 2.37. The van der Waals surface area contributed by atoms with Crippen LogP contribution in [0.25, 0.3) is 0 Å². The fraction of sp³-hybridized carbons (Fsp3) is 0.567. The molecule has 0 atom stereocenters. The van der Waals surface area contributed by atoms with Gasteiger partial charge in [-0.2, -0.15) is 0 Å². The first-order valence-corrected chi connectivity index (χ1v) is 13.7. The second-order valence-electron chi connectivity index (χ2n) is 8.98. The fourth-order valence-corrected chi connectivity index (χ4v) is 3.82. The topological polar surface area (TPSA) is 96.5 Å². The molecule has 0 aliphatic carbocycles. The molecule has 0 aromatic heterocycles. The smallest absolute Gasteiger partial charge is 0.257 e. The number of hydrogen-bond donors (Lipinski definition) is 2. The molecule has 0 fully saturated rings. The van der Waals surface area contributed by atoms with Crippen molar-refractivity contribution >= 4 is 5.91 Å². The van der Waals surface area contributed by atoms with Crippen LogP contribution in [0, 0.1) is 0 Å². The first kappa shape index (κ1) is 32.4. The van der Waals surface area contributed by atoms with Crippen LogP contribution >= 0.6 is 0 Å². The van der Waals surface area contributed by atoms with Gasteiger partial charge < -0.3 is 39.1 Å². The van der Waals surface area contributed by atoms with Gasteiger partial charge in [0, 0.05) is 19.8 Å². The number of ether oxygens (including phenoxy) is 6. The molecular formula is C30H46N2O7. The molecule has 0 saturated carbocycles. The van der Waals surface area contributed by atoms with E-state index < -0.39 is 0 Å². The zero-order chi connectivity index (χ0) is 28.0. The molecule has 0 aliphatic heterocycles.